The van der Waals surface area contributed by atoms with Gasteiger partial charge in [0.15, 0.2) is 0 Å². The van der Waals surface area contributed by atoms with Crippen molar-refractivity contribution in [2.75, 3.05) is 14.1 Å². The summed E-state index contributed by atoms with van der Waals surface area (Å²) in [7, 11) is 3.71. The fraction of sp³-hybridized carbons (Fsp3) is 0.400. The summed E-state index contributed by atoms with van der Waals surface area (Å²) < 4.78 is 0.620. The molecule has 0 spiro atoms. The van der Waals surface area contributed by atoms with Crippen LogP contribution in [0.15, 0.2) is 13.2 Å². The molecular weight excluding hydrogens is 207 g/mol. The van der Waals surface area contributed by atoms with Crippen molar-refractivity contribution in [3.05, 3.63) is 13.2 Å². The second kappa shape index (κ2) is 23.1. The van der Waals surface area contributed by atoms with Gasteiger partial charge >= 0.3 is 88.7 Å². The van der Waals surface area contributed by atoms with Gasteiger partial charge in [0.2, 0.25) is 0 Å². The van der Waals surface area contributed by atoms with Crippen molar-refractivity contribution in [1.82, 2.24) is 4.90 Å². The Hall–Kier alpha value is 2.98. The molecular formula is C5H14NNa3S2. The number of hydrogen-bond acceptors (Lipinski definition) is 1. The van der Waals surface area contributed by atoms with E-state index in [0.29, 0.717) is 4.32 Å². The molecule has 0 rings (SSSR count). The van der Waals surface area contributed by atoms with Crippen LogP contribution >= 0.6 is 24.8 Å². The Morgan fingerprint density at radius 1 is 1.27 bits per heavy atom. The molecule has 0 radical (unpaired) electrons. The van der Waals surface area contributed by atoms with Crippen molar-refractivity contribution in [2.45, 2.75) is 0 Å². The Labute approximate surface area is 151 Å². The summed E-state index contributed by atoms with van der Waals surface area (Å²) >= 11 is 8.46. The van der Waals surface area contributed by atoms with Gasteiger partial charge < -0.3 is 9.18 Å². The molecule has 54 valence electrons. The summed E-state index contributed by atoms with van der Waals surface area (Å²) in [5.41, 5.74) is 0. The largest absolute Gasteiger partial charge is 1.00 e. The maximum absolute atomic E-state index is 4.61. The minimum atomic E-state index is 0. The van der Waals surface area contributed by atoms with Crippen molar-refractivity contribution >= 4 is 29.2 Å². The van der Waals surface area contributed by atoms with Gasteiger partial charge in [0.1, 0.15) is 4.32 Å². The maximum atomic E-state index is 4.61. The van der Waals surface area contributed by atoms with Crippen molar-refractivity contribution in [3.63, 3.8) is 0 Å². The molecule has 0 aromatic rings. The van der Waals surface area contributed by atoms with Crippen molar-refractivity contribution in [2.24, 2.45) is 0 Å². The second-order valence-electron chi connectivity index (χ2n) is 1.18. The van der Waals surface area contributed by atoms with Gasteiger partial charge in [-0.3, -0.25) is 0 Å². The Bertz CT molecular complexity index is 90.6. The first kappa shape index (κ1) is 29.2. The van der Waals surface area contributed by atoms with E-state index < -0.39 is 0 Å². The van der Waals surface area contributed by atoms with Crippen molar-refractivity contribution < 1.29 is 93.0 Å². The van der Waals surface area contributed by atoms with Crippen LogP contribution in [0, 0.1) is 0 Å². The van der Waals surface area contributed by atoms with Crippen molar-refractivity contribution in [3.8, 4) is 0 Å². The summed E-state index contributed by atoms with van der Waals surface area (Å²) in [5.74, 6) is 0. The van der Waals surface area contributed by atoms with Gasteiger partial charge in [-0.1, -0.05) is 12.2 Å². The van der Waals surface area contributed by atoms with Crippen LogP contribution in [0.5, 0.6) is 0 Å². The van der Waals surface area contributed by atoms with Crippen LogP contribution in [-0.4, -0.2) is 23.3 Å². The van der Waals surface area contributed by atoms with E-state index in [-0.39, 0.29) is 93.0 Å². The molecule has 0 N–H and O–H groups in total. The fourth-order valence-corrected chi connectivity index (χ4v) is 0. The first-order valence-electron chi connectivity index (χ1n) is 2.05. The van der Waals surface area contributed by atoms with E-state index in [0.717, 1.165) is 0 Å². The molecule has 0 aliphatic carbocycles. The minimum Gasteiger partial charge on any atom is -1.00 e. The van der Waals surface area contributed by atoms with Crippen LogP contribution in [0.25, 0.3) is 0 Å². The zero-order chi connectivity index (χ0) is 7.15. The van der Waals surface area contributed by atoms with Crippen molar-refractivity contribution in [1.29, 1.82) is 0 Å². The molecule has 0 amide bonds. The molecule has 6 heteroatoms. The number of thiocarbonyl (C=S) groups is 1. The van der Waals surface area contributed by atoms with E-state index in [1.807, 2.05) is 14.1 Å². The third-order valence-corrected chi connectivity index (χ3v) is 1.15. The van der Waals surface area contributed by atoms with E-state index >= 15 is 0 Å². The smallest absolute Gasteiger partial charge is 1.00 e. The summed E-state index contributed by atoms with van der Waals surface area (Å²) in [6.45, 7) is 6.00. The molecule has 0 aliphatic rings. The third-order valence-electron chi connectivity index (χ3n) is 0.383. The van der Waals surface area contributed by atoms with Crippen LogP contribution in [0.1, 0.15) is 4.28 Å². The molecule has 0 aliphatic heterocycles. The number of rotatable bonds is 0. The molecule has 0 fully saturated rings. The van der Waals surface area contributed by atoms with E-state index in [1.165, 1.54) is 0 Å². The normalized spacial score (nSPS) is 4.64. The quantitative estimate of drug-likeness (QED) is 0.187. The minimum absolute atomic E-state index is 0. The first-order chi connectivity index (χ1) is 3.64. The van der Waals surface area contributed by atoms with E-state index in [2.05, 4.69) is 38.0 Å². The molecule has 0 atom stereocenters. The van der Waals surface area contributed by atoms with Crippen LogP contribution in [0.3, 0.4) is 0 Å². The predicted octanol–water partition coefficient (Wildman–Crippen LogP) is -7.09. The zero-order valence-corrected chi connectivity index (χ0v) is 15.9. The summed E-state index contributed by atoms with van der Waals surface area (Å²) in [6, 6.07) is 0. The molecule has 0 aromatic carbocycles. The molecule has 1 nitrogen and oxygen atoms in total. The van der Waals surface area contributed by atoms with Gasteiger partial charge in [-0.25, -0.2) is 0 Å². The van der Waals surface area contributed by atoms with Gasteiger partial charge in [0.05, 0.1) is 0 Å². The van der Waals surface area contributed by atoms with Crippen LogP contribution < -0.4 is 88.7 Å². The Morgan fingerprint density at radius 2 is 1.36 bits per heavy atom. The third kappa shape index (κ3) is 32.1. The number of thiol groups is 1. The summed E-state index contributed by atoms with van der Waals surface area (Å²) in [5, 5.41) is 0. The first-order valence-corrected chi connectivity index (χ1v) is 2.90. The molecule has 0 heterocycles. The van der Waals surface area contributed by atoms with Gasteiger partial charge in [-0.15, -0.1) is 25.8 Å². The SMILES string of the molecule is C=C.CN(C)C(=S)S.[H-].[H-].[H-].[Na+].[Na+].[Na+]. The summed E-state index contributed by atoms with van der Waals surface area (Å²) in [6.07, 6.45) is 0. The molecule has 0 bridgehead atoms. The Balaban J connectivity index is -0.00000000708. The van der Waals surface area contributed by atoms with E-state index in [9.17, 15) is 0 Å². The van der Waals surface area contributed by atoms with Gasteiger partial charge in [-0.05, 0) is 0 Å². The van der Waals surface area contributed by atoms with E-state index in [1.54, 1.807) is 4.90 Å². The molecule has 0 unspecified atom stereocenters. The predicted molar refractivity (Wildman–Crippen MR) is 49.9 cm³/mol. The molecule has 11 heavy (non-hydrogen) atoms. The van der Waals surface area contributed by atoms with Gasteiger partial charge in [-0.2, -0.15) is 0 Å². The molecule has 0 saturated heterocycles. The standard InChI is InChI=1S/C3H7NS2.C2H4.3Na.3H/c1-4(2)3(5)6;1-2;;;;;;/h1-2H3,(H,5,6);1-2H2;;;;;;/q;;3*+1;3*-1. The maximum Gasteiger partial charge on any atom is 1.00 e. The number of nitrogens with zero attached hydrogens (tertiary/aromatic N) is 1. The van der Waals surface area contributed by atoms with Crippen LogP contribution in [-0.2, 0) is 0 Å². The molecule has 0 aromatic heterocycles. The topological polar surface area (TPSA) is 3.24 Å². The van der Waals surface area contributed by atoms with Gasteiger partial charge in [0, 0.05) is 14.1 Å². The Morgan fingerprint density at radius 3 is 1.36 bits per heavy atom. The second-order valence-corrected chi connectivity index (χ2v) is 2.29. The van der Waals surface area contributed by atoms with Crippen LogP contribution in [0.4, 0.5) is 0 Å². The Kier molecular flexibility index (Phi) is 61.3. The van der Waals surface area contributed by atoms with Gasteiger partial charge in [0.25, 0.3) is 0 Å². The zero-order valence-electron chi connectivity index (χ0n) is 11.2. The summed E-state index contributed by atoms with van der Waals surface area (Å²) in [4.78, 5) is 1.76. The average molecular weight is 221 g/mol. The number of hydrogen-bond donors (Lipinski definition) is 1. The average Bonchev–Trinajstić information content (AvgIpc) is 1.72. The fourth-order valence-electron chi connectivity index (χ4n) is 0. The van der Waals surface area contributed by atoms with E-state index in [4.69, 9.17) is 0 Å². The monoisotopic (exact) mass is 221 g/mol. The van der Waals surface area contributed by atoms with Crippen LogP contribution in [0.2, 0.25) is 0 Å². The molecule has 0 saturated carbocycles.